The highest BCUT2D eigenvalue weighted by molar-refractivity contribution is 9.12. The standard InChI is InChI=1S/C28H34Br2S3/c1-2-3-4-5-6-7-8-9-10-11-12-23-15-16-25(31-23)19-20-26-18-17-24(32-26)14-13-22-21-27(29)33-28(22)30/h13-21H,2-12H2,1H3/b14-13+,20-19+. The van der Waals surface area contributed by atoms with E-state index in [0.717, 1.165) is 7.57 Å². The molecule has 3 aromatic rings. The van der Waals surface area contributed by atoms with E-state index in [1.165, 1.54) is 95.7 Å². The summed E-state index contributed by atoms with van der Waals surface area (Å²) < 4.78 is 2.31. The Balaban J connectivity index is 1.35. The van der Waals surface area contributed by atoms with E-state index in [9.17, 15) is 0 Å². The maximum absolute atomic E-state index is 3.62. The van der Waals surface area contributed by atoms with E-state index in [-0.39, 0.29) is 0 Å². The van der Waals surface area contributed by atoms with Gasteiger partial charge >= 0.3 is 0 Å². The normalized spacial score (nSPS) is 12.0. The lowest BCUT2D eigenvalue weighted by molar-refractivity contribution is 0.557. The number of halogens is 2. The van der Waals surface area contributed by atoms with E-state index < -0.39 is 0 Å². The molecule has 0 nitrogen and oxygen atoms in total. The smallest absolute Gasteiger partial charge is 0.0782 e. The molecule has 0 saturated heterocycles. The summed E-state index contributed by atoms with van der Waals surface area (Å²) in [6.45, 7) is 2.29. The topological polar surface area (TPSA) is 0 Å². The van der Waals surface area contributed by atoms with Crippen LogP contribution in [0.1, 0.15) is 96.2 Å². The fraction of sp³-hybridized carbons (Fsp3) is 0.429. The molecule has 0 spiro atoms. The Morgan fingerprint density at radius 1 is 0.636 bits per heavy atom. The molecule has 0 aliphatic carbocycles. The average Bonchev–Trinajstić information content (AvgIpc) is 3.52. The van der Waals surface area contributed by atoms with E-state index in [0.29, 0.717) is 0 Å². The largest absolute Gasteiger partial charge is 0.141 e. The molecule has 0 atom stereocenters. The zero-order valence-electron chi connectivity index (χ0n) is 19.5. The maximum atomic E-state index is 3.62. The van der Waals surface area contributed by atoms with Gasteiger partial charge < -0.3 is 0 Å². The van der Waals surface area contributed by atoms with E-state index in [1.54, 1.807) is 11.3 Å². The molecule has 0 fully saturated rings. The molecular weight excluding hydrogens is 592 g/mol. The number of aryl methyl sites for hydroxylation is 1. The second kappa shape index (κ2) is 15.5. The van der Waals surface area contributed by atoms with Crippen molar-refractivity contribution < 1.29 is 0 Å². The zero-order valence-corrected chi connectivity index (χ0v) is 25.1. The minimum absolute atomic E-state index is 1.15. The summed E-state index contributed by atoms with van der Waals surface area (Å²) >= 11 is 12.6. The predicted octanol–water partition coefficient (Wildman–Crippen LogP) is 12.2. The van der Waals surface area contributed by atoms with Crippen molar-refractivity contribution in [3.8, 4) is 0 Å². The third-order valence-electron chi connectivity index (χ3n) is 5.63. The number of unbranched alkanes of at least 4 members (excludes halogenated alkanes) is 9. The fourth-order valence-electron chi connectivity index (χ4n) is 3.76. The Bertz CT molecular complexity index is 1010. The Hall–Kier alpha value is -0.460. The second-order valence-corrected chi connectivity index (χ2v) is 14.5. The van der Waals surface area contributed by atoms with E-state index >= 15 is 0 Å². The fourth-order valence-corrected chi connectivity index (χ4v) is 8.28. The van der Waals surface area contributed by atoms with Gasteiger partial charge in [0.1, 0.15) is 0 Å². The van der Waals surface area contributed by atoms with Gasteiger partial charge in [0.05, 0.1) is 7.57 Å². The van der Waals surface area contributed by atoms with Gasteiger partial charge in [0.2, 0.25) is 0 Å². The molecule has 3 aromatic heterocycles. The van der Waals surface area contributed by atoms with E-state index in [4.69, 9.17) is 0 Å². The van der Waals surface area contributed by atoms with Gasteiger partial charge in [-0.2, -0.15) is 0 Å². The lowest BCUT2D eigenvalue weighted by atomic mass is 10.1. The van der Waals surface area contributed by atoms with Gasteiger partial charge in [-0.25, -0.2) is 0 Å². The van der Waals surface area contributed by atoms with Crippen molar-refractivity contribution in [1.29, 1.82) is 0 Å². The Labute approximate surface area is 229 Å². The van der Waals surface area contributed by atoms with Gasteiger partial charge in [0.15, 0.2) is 0 Å². The summed E-state index contributed by atoms with van der Waals surface area (Å²) in [6, 6.07) is 11.1. The van der Waals surface area contributed by atoms with Crippen LogP contribution in [0.15, 0.2) is 37.9 Å². The molecule has 5 heteroatoms. The van der Waals surface area contributed by atoms with E-state index in [2.05, 4.69) is 93.4 Å². The molecule has 0 radical (unpaired) electrons. The second-order valence-electron chi connectivity index (χ2n) is 8.42. The van der Waals surface area contributed by atoms with Crippen molar-refractivity contribution in [2.45, 2.75) is 77.6 Å². The van der Waals surface area contributed by atoms with Crippen molar-refractivity contribution >= 4 is 90.2 Å². The summed E-state index contributed by atoms with van der Waals surface area (Å²) in [7, 11) is 0. The Morgan fingerprint density at radius 2 is 1.18 bits per heavy atom. The first-order valence-electron chi connectivity index (χ1n) is 12.1. The Kier molecular flexibility index (Phi) is 12.8. The third kappa shape index (κ3) is 10.4. The molecule has 0 amide bonds. The van der Waals surface area contributed by atoms with Crippen LogP contribution in [0.3, 0.4) is 0 Å². The van der Waals surface area contributed by atoms with Gasteiger partial charge in [-0.15, -0.1) is 34.0 Å². The van der Waals surface area contributed by atoms with Crippen LogP contribution in [0.2, 0.25) is 0 Å². The van der Waals surface area contributed by atoms with Crippen molar-refractivity contribution in [3.05, 3.63) is 63.0 Å². The first-order valence-corrected chi connectivity index (χ1v) is 16.2. The molecule has 3 heterocycles. The molecule has 0 aliphatic rings. The van der Waals surface area contributed by atoms with Gasteiger partial charge in [-0.3, -0.25) is 0 Å². The number of hydrogen-bond acceptors (Lipinski definition) is 3. The van der Waals surface area contributed by atoms with Crippen LogP contribution in [0.4, 0.5) is 0 Å². The van der Waals surface area contributed by atoms with Crippen molar-refractivity contribution in [1.82, 2.24) is 0 Å². The third-order valence-corrected chi connectivity index (χ3v) is 10.1. The average molecular weight is 627 g/mol. The predicted molar refractivity (Wildman–Crippen MR) is 162 cm³/mol. The quantitative estimate of drug-likeness (QED) is 0.147. The minimum Gasteiger partial charge on any atom is -0.141 e. The molecule has 33 heavy (non-hydrogen) atoms. The van der Waals surface area contributed by atoms with Crippen LogP contribution in [-0.4, -0.2) is 0 Å². The summed E-state index contributed by atoms with van der Waals surface area (Å²) in [5.74, 6) is 0. The Morgan fingerprint density at radius 3 is 1.79 bits per heavy atom. The SMILES string of the molecule is CCCCCCCCCCCCc1ccc(/C=C/c2ccc(/C=C/c3cc(Br)sc3Br)s2)s1. The highest BCUT2D eigenvalue weighted by Crippen LogP contribution is 2.33. The maximum Gasteiger partial charge on any atom is 0.0782 e. The number of thiophene rings is 3. The summed E-state index contributed by atoms with van der Waals surface area (Å²) in [5.41, 5.74) is 1.21. The highest BCUT2D eigenvalue weighted by Gasteiger charge is 2.02. The van der Waals surface area contributed by atoms with E-state index in [1.807, 2.05) is 22.7 Å². The van der Waals surface area contributed by atoms with Crippen LogP contribution in [0, 0.1) is 0 Å². The first kappa shape index (κ1) is 27.1. The zero-order chi connectivity index (χ0) is 23.3. The summed E-state index contributed by atoms with van der Waals surface area (Å²) in [5, 5.41) is 0. The number of hydrogen-bond donors (Lipinski definition) is 0. The van der Waals surface area contributed by atoms with Gasteiger partial charge in [0, 0.05) is 25.1 Å². The lowest BCUT2D eigenvalue weighted by Crippen LogP contribution is -1.84. The molecular formula is C28H34Br2S3. The minimum atomic E-state index is 1.15. The van der Waals surface area contributed by atoms with Crippen molar-refractivity contribution in [2.24, 2.45) is 0 Å². The van der Waals surface area contributed by atoms with Gasteiger partial charge in [-0.1, -0.05) is 70.8 Å². The molecule has 0 N–H and O–H groups in total. The van der Waals surface area contributed by atoms with Crippen LogP contribution >= 0.6 is 65.9 Å². The molecule has 0 aromatic carbocycles. The van der Waals surface area contributed by atoms with Gasteiger partial charge in [0.25, 0.3) is 0 Å². The van der Waals surface area contributed by atoms with Crippen LogP contribution < -0.4 is 0 Å². The van der Waals surface area contributed by atoms with Crippen molar-refractivity contribution in [3.63, 3.8) is 0 Å². The van der Waals surface area contributed by atoms with Crippen LogP contribution in [0.5, 0.6) is 0 Å². The molecule has 0 bridgehead atoms. The van der Waals surface area contributed by atoms with Crippen molar-refractivity contribution in [2.75, 3.05) is 0 Å². The monoisotopic (exact) mass is 624 g/mol. The molecule has 0 saturated carbocycles. The molecule has 0 unspecified atom stereocenters. The lowest BCUT2D eigenvalue weighted by Gasteiger charge is -2.01. The first-order chi connectivity index (χ1) is 16.1. The van der Waals surface area contributed by atoms with Gasteiger partial charge in [-0.05, 0) is 93.3 Å². The van der Waals surface area contributed by atoms with Crippen LogP contribution in [0.25, 0.3) is 24.3 Å². The molecule has 3 rings (SSSR count). The van der Waals surface area contributed by atoms with Crippen LogP contribution in [-0.2, 0) is 6.42 Å². The summed E-state index contributed by atoms with van der Waals surface area (Å²) in [4.78, 5) is 5.45. The molecule has 0 aliphatic heterocycles. The number of rotatable bonds is 15. The summed E-state index contributed by atoms with van der Waals surface area (Å²) in [6.07, 6.45) is 24.1. The highest BCUT2D eigenvalue weighted by atomic mass is 79.9. The molecule has 178 valence electrons.